The minimum atomic E-state index is 0. The SMILES string of the molecule is O=C1CCCCCCCCCCCN1.[P]. The van der Waals surface area contributed by atoms with E-state index in [1.54, 1.807) is 0 Å². The lowest BCUT2D eigenvalue weighted by Crippen LogP contribution is -2.23. The highest BCUT2D eigenvalue weighted by molar-refractivity contribution is 6.92. The van der Waals surface area contributed by atoms with E-state index >= 15 is 0 Å². The summed E-state index contributed by atoms with van der Waals surface area (Å²) in [7, 11) is 0. The lowest BCUT2D eigenvalue weighted by atomic mass is 10.1. The zero-order valence-electron chi connectivity index (χ0n) is 9.63. The normalized spacial score (nSPS) is 21.2. The van der Waals surface area contributed by atoms with Gasteiger partial charge in [0.1, 0.15) is 0 Å². The maximum atomic E-state index is 11.3. The molecular weight excluding hydrogens is 205 g/mol. The first-order valence-electron chi connectivity index (χ1n) is 6.16. The van der Waals surface area contributed by atoms with Crippen LogP contribution < -0.4 is 5.32 Å². The van der Waals surface area contributed by atoms with E-state index < -0.39 is 0 Å². The topological polar surface area (TPSA) is 29.1 Å². The van der Waals surface area contributed by atoms with Gasteiger partial charge in [0.05, 0.1) is 0 Å². The monoisotopic (exact) mass is 228 g/mol. The van der Waals surface area contributed by atoms with Crippen LogP contribution in [0.2, 0.25) is 0 Å². The van der Waals surface area contributed by atoms with Crippen LogP contribution in [0.25, 0.3) is 0 Å². The Kier molecular flexibility index (Phi) is 10.3. The highest BCUT2D eigenvalue weighted by Crippen LogP contribution is 2.11. The van der Waals surface area contributed by atoms with Crippen LogP contribution >= 0.6 is 9.90 Å². The summed E-state index contributed by atoms with van der Waals surface area (Å²) in [6.07, 6.45) is 12.3. The first-order chi connectivity index (χ1) is 6.89. The molecular formula is C12H23NOP. The Morgan fingerprint density at radius 1 is 0.733 bits per heavy atom. The predicted octanol–water partition coefficient (Wildman–Crippen LogP) is 3.88. The van der Waals surface area contributed by atoms with Gasteiger partial charge in [0, 0.05) is 22.9 Å². The number of rotatable bonds is 0. The Labute approximate surface area is 97.2 Å². The van der Waals surface area contributed by atoms with Crippen LogP contribution in [0.3, 0.4) is 0 Å². The minimum absolute atomic E-state index is 0. The van der Waals surface area contributed by atoms with Gasteiger partial charge >= 0.3 is 0 Å². The smallest absolute Gasteiger partial charge is 0.219 e. The van der Waals surface area contributed by atoms with Crippen molar-refractivity contribution in [3.63, 3.8) is 0 Å². The largest absolute Gasteiger partial charge is 0.356 e. The van der Waals surface area contributed by atoms with Crippen LogP contribution in [-0.4, -0.2) is 12.5 Å². The van der Waals surface area contributed by atoms with Crippen molar-refractivity contribution in [1.82, 2.24) is 5.32 Å². The van der Waals surface area contributed by atoms with Gasteiger partial charge in [-0.15, -0.1) is 0 Å². The molecule has 0 atom stereocenters. The van der Waals surface area contributed by atoms with E-state index in [9.17, 15) is 4.79 Å². The quantitative estimate of drug-likeness (QED) is 0.626. The molecule has 3 heteroatoms. The van der Waals surface area contributed by atoms with Crippen LogP contribution in [0.15, 0.2) is 0 Å². The molecule has 87 valence electrons. The second-order valence-corrected chi connectivity index (χ2v) is 4.28. The molecule has 0 aromatic rings. The first-order valence-corrected chi connectivity index (χ1v) is 6.16. The van der Waals surface area contributed by atoms with E-state index in [-0.39, 0.29) is 15.8 Å². The summed E-state index contributed by atoms with van der Waals surface area (Å²) < 4.78 is 0. The fourth-order valence-corrected chi connectivity index (χ4v) is 1.96. The van der Waals surface area contributed by atoms with Crippen molar-refractivity contribution in [2.24, 2.45) is 0 Å². The average molecular weight is 228 g/mol. The molecule has 0 aromatic carbocycles. The second kappa shape index (κ2) is 10.4. The Morgan fingerprint density at radius 3 is 1.80 bits per heavy atom. The van der Waals surface area contributed by atoms with Gasteiger partial charge in [-0.1, -0.05) is 44.9 Å². The Bertz CT molecular complexity index is 146. The number of amides is 1. The molecule has 0 saturated carbocycles. The third-order valence-electron chi connectivity index (χ3n) is 2.90. The fraction of sp³-hybridized carbons (Fsp3) is 0.917. The summed E-state index contributed by atoms with van der Waals surface area (Å²) in [4.78, 5) is 11.3. The molecule has 1 rings (SSSR count). The van der Waals surface area contributed by atoms with Gasteiger partial charge in [-0.25, -0.2) is 0 Å². The second-order valence-electron chi connectivity index (χ2n) is 4.28. The van der Waals surface area contributed by atoms with E-state index in [0.717, 1.165) is 25.8 Å². The standard InChI is InChI=1S/C12H23NO.P/c14-12-10-8-6-4-2-1-3-5-7-9-11-13-12;/h1-11H2,(H,13,14);. The maximum Gasteiger partial charge on any atom is 0.219 e. The minimum Gasteiger partial charge on any atom is -0.356 e. The number of carbonyl (C=O) groups excluding carboxylic acids is 1. The molecule has 1 saturated heterocycles. The van der Waals surface area contributed by atoms with Crippen molar-refractivity contribution >= 4 is 15.8 Å². The van der Waals surface area contributed by atoms with E-state index in [0.29, 0.717) is 0 Å². The molecule has 1 fully saturated rings. The lowest BCUT2D eigenvalue weighted by molar-refractivity contribution is -0.121. The Hall–Kier alpha value is -0.100. The first kappa shape index (κ1) is 14.9. The number of hydrogen-bond donors (Lipinski definition) is 1. The van der Waals surface area contributed by atoms with Gasteiger partial charge in [0.15, 0.2) is 0 Å². The van der Waals surface area contributed by atoms with Crippen molar-refractivity contribution in [2.75, 3.05) is 6.54 Å². The predicted molar refractivity (Wildman–Crippen MR) is 66.1 cm³/mol. The van der Waals surface area contributed by atoms with Crippen LogP contribution in [0.4, 0.5) is 0 Å². The molecule has 0 aliphatic carbocycles. The van der Waals surface area contributed by atoms with Crippen molar-refractivity contribution in [1.29, 1.82) is 0 Å². The third kappa shape index (κ3) is 8.87. The van der Waals surface area contributed by atoms with E-state index in [1.165, 1.54) is 44.9 Å². The zero-order chi connectivity index (χ0) is 10.1. The van der Waals surface area contributed by atoms with Crippen molar-refractivity contribution in [2.45, 2.75) is 64.2 Å². The summed E-state index contributed by atoms with van der Waals surface area (Å²) in [5, 5.41) is 2.98. The fourth-order valence-electron chi connectivity index (χ4n) is 1.96. The third-order valence-corrected chi connectivity index (χ3v) is 2.90. The van der Waals surface area contributed by atoms with Crippen LogP contribution in [0, 0.1) is 0 Å². The molecule has 1 N–H and O–H groups in total. The summed E-state index contributed by atoms with van der Waals surface area (Å²) >= 11 is 0. The summed E-state index contributed by atoms with van der Waals surface area (Å²) in [5.41, 5.74) is 0. The Morgan fingerprint density at radius 2 is 1.20 bits per heavy atom. The van der Waals surface area contributed by atoms with Crippen molar-refractivity contribution < 1.29 is 4.79 Å². The van der Waals surface area contributed by atoms with Gasteiger partial charge in [0.2, 0.25) is 5.91 Å². The zero-order valence-corrected chi connectivity index (χ0v) is 10.5. The van der Waals surface area contributed by atoms with Gasteiger partial charge in [-0.05, 0) is 12.8 Å². The molecule has 15 heavy (non-hydrogen) atoms. The molecule has 0 unspecified atom stereocenters. The molecule has 3 radical (unpaired) electrons. The van der Waals surface area contributed by atoms with Gasteiger partial charge < -0.3 is 5.32 Å². The summed E-state index contributed by atoms with van der Waals surface area (Å²) in [6, 6.07) is 0. The molecule has 1 aliphatic heterocycles. The highest BCUT2D eigenvalue weighted by atomic mass is 31.0. The van der Waals surface area contributed by atoms with Crippen LogP contribution in [-0.2, 0) is 4.79 Å². The maximum absolute atomic E-state index is 11.3. The summed E-state index contributed by atoms with van der Waals surface area (Å²) in [6.45, 7) is 0.888. The molecule has 1 amide bonds. The van der Waals surface area contributed by atoms with Crippen molar-refractivity contribution in [3.8, 4) is 0 Å². The van der Waals surface area contributed by atoms with E-state index in [2.05, 4.69) is 5.32 Å². The summed E-state index contributed by atoms with van der Waals surface area (Å²) in [5.74, 6) is 0.254. The molecule has 2 nitrogen and oxygen atoms in total. The van der Waals surface area contributed by atoms with E-state index in [4.69, 9.17) is 0 Å². The van der Waals surface area contributed by atoms with Gasteiger partial charge in [0.25, 0.3) is 0 Å². The van der Waals surface area contributed by atoms with Gasteiger partial charge in [-0.3, -0.25) is 4.79 Å². The number of nitrogens with one attached hydrogen (secondary N) is 1. The molecule has 0 aromatic heterocycles. The van der Waals surface area contributed by atoms with Crippen LogP contribution in [0.5, 0.6) is 0 Å². The molecule has 0 bridgehead atoms. The highest BCUT2D eigenvalue weighted by Gasteiger charge is 2.01. The molecule has 1 heterocycles. The van der Waals surface area contributed by atoms with Gasteiger partial charge in [-0.2, -0.15) is 0 Å². The average Bonchev–Trinajstić information content (AvgIpc) is 2.20. The number of hydrogen-bond acceptors (Lipinski definition) is 1. The van der Waals surface area contributed by atoms with E-state index in [1.807, 2.05) is 0 Å². The number of carbonyl (C=O) groups is 1. The molecule has 1 aliphatic rings. The lowest BCUT2D eigenvalue weighted by Gasteiger charge is -2.03. The molecule has 0 spiro atoms. The van der Waals surface area contributed by atoms with Crippen LogP contribution in [0.1, 0.15) is 64.2 Å². The van der Waals surface area contributed by atoms with Crippen molar-refractivity contribution in [3.05, 3.63) is 0 Å². The Balaban J connectivity index is 0.00000196.